The van der Waals surface area contributed by atoms with Crippen molar-refractivity contribution in [3.8, 4) is 22.8 Å². The average molecular weight is 359 g/mol. The molecule has 0 saturated heterocycles. The lowest BCUT2D eigenvalue weighted by atomic mass is 9.93. The highest BCUT2D eigenvalue weighted by Crippen LogP contribution is 2.43. The summed E-state index contributed by atoms with van der Waals surface area (Å²) in [5, 5.41) is 12.2. The molecule has 0 bridgehead atoms. The number of benzene rings is 2. The van der Waals surface area contributed by atoms with Gasteiger partial charge in [0, 0.05) is 28.8 Å². The van der Waals surface area contributed by atoms with Crippen LogP contribution in [0.4, 0.5) is 5.69 Å². The highest BCUT2D eigenvalue weighted by molar-refractivity contribution is 6.12. The van der Waals surface area contributed by atoms with Crippen molar-refractivity contribution in [2.24, 2.45) is 0 Å². The van der Waals surface area contributed by atoms with E-state index in [2.05, 4.69) is 0 Å². The number of rotatable bonds is 3. The number of aromatic hydroxyl groups is 1. The molecule has 0 amide bonds. The van der Waals surface area contributed by atoms with Crippen LogP contribution in [0.1, 0.15) is 25.3 Å². The number of methoxy groups -OCH3 is 1. The number of para-hydroxylation sites is 2. The largest absolute Gasteiger partial charge is 0.496 e. The molecule has 27 heavy (non-hydrogen) atoms. The topological polar surface area (TPSA) is 73.3 Å². The van der Waals surface area contributed by atoms with Gasteiger partial charge in [0.15, 0.2) is 0 Å². The minimum absolute atomic E-state index is 0.226. The maximum absolute atomic E-state index is 10.8. The minimum Gasteiger partial charge on any atom is -0.496 e. The third-order valence-electron chi connectivity index (χ3n) is 5.68. The Morgan fingerprint density at radius 2 is 1.89 bits per heavy atom. The van der Waals surface area contributed by atoms with E-state index in [-0.39, 0.29) is 5.88 Å². The molecule has 1 saturated carbocycles. The number of anilines is 1. The van der Waals surface area contributed by atoms with E-state index < -0.39 is 0 Å². The van der Waals surface area contributed by atoms with Crippen LogP contribution in [0.15, 0.2) is 48.7 Å². The molecule has 4 aromatic rings. The van der Waals surface area contributed by atoms with Crippen LogP contribution in [0.2, 0.25) is 0 Å². The molecule has 3 N–H and O–H groups in total. The Balaban J connectivity index is 1.82. The molecule has 0 aliphatic heterocycles. The molecule has 0 spiro atoms. The second-order valence-electron chi connectivity index (χ2n) is 7.13. The van der Waals surface area contributed by atoms with Gasteiger partial charge in [-0.1, -0.05) is 36.4 Å². The Hall–Kier alpha value is -3.21. The summed E-state index contributed by atoms with van der Waals surface area (Å²) in [4.78, 5) is 4.90. The number of pyridine rings is 1. The number of nitrogens with zero attached hydrogens (tertiary/aromatic N) is 2. The van der Waals surface area contributed by atoms with Gasteiger partial charge in [-0.25, -0.2) is 4.98 Å². The van der Waals surface area contributed by atoms with Gasteiger partial charge in [-0.2, -0.15) is 0 Å². The van der Waals surface area contributed by atoms with Crippen molar-refractivity contribution in [3.05, 3.63) is 48.7 Å². The molecule has 5 rings (SSSR count). The van der Waals surface area contributed by atoms with Crippen molar-refractivity contribution in [2.45, 2.75) is 25.3 Å². The standard InChI is InChI=1S/C22H21N3O2/c1-27-18-11-3-2-8-14(18)15-9-5-10-16-20(23)19-17(24-21(15)16)12-25(22(19)26)13-6-4-7-13/h2-3,5,8-13,26H,4,6-7,23H2,1H3. The molecule has 5 heteroatoms. The Bertz CT molecular complexity index is 1180. The van der Waals surface area contributed by atoms with Crippen molar-refractivity contribution < 1.29 is 9.84 Å². The van der Waals surface area contributed by atoms with Crippen LogP contribution < -0.4 is 10.5 Å². The lowest BCUT2D eigenvalue weighted by Gasteiger charge is -2.27. The summed E-state index contributed by atoms with van der Waals surface area (Å²) in [6.45, 7) is 0. The lowest BCUT2D eigenvalue weighted by Crippen LogP contribution is -2.15. The van der Waals surface area contributed by atoms with E-state index in [1.54, 1.807) is 7.11 Å². The fourth-order valence-corrected chi connectivity index (χ4v) is 4.01. The number of nitrogens with two attached hydrogens (primary N) is 1. The Morgan fingerprint density at radius 1 is 1.11 bits per heavy atom. The Kier molecular flexibility index (Phi) is 3.50. The van der Waals surface area contributed by atoms with E-state index in [0.717, 1.165) is 46.1 Å². The number of hydrogen-bond acceptors (Lipinski definition) is 4. The average Bonchev–Trinajstić information content (AvgIpc) is 2.96. The van der Waals surface area contributed by atoms with Crippen molar-refractivity contribution >= 4 is 27.5 Å². The van der Waals surface area contributed by atoms with Gasteiger partial charge in [0.2, 0.25) is 5.88 Å². The Morgan fingerprint density at radius 3 is 2.63 bits per heavy atom. The molecule has 2 aromatic carbocycles. The number of nitrogen functional groups attached to an aromatic ring is 1. The molecule has 1 aliphatic carbocycles. The fraction of sp³-hybridized carbons (Fsp3) is 0.227. The first-order valence-electron chi connectivity index (χ1n) is 9.24. The molecule has 2 heterocycles. The summed E-state index contributed by atoms with van der Waals surface area (Å²) in [5.41, 5.74) is 10.6. The third kappa shape index (κ3) is 2.28. The summed E-state index contributed by atoms with van der Waals surface area (Å²) in [5.74, 6) is 1.02. The predicted molar refractivity (Wildman–Crippen MR) is 108 cm³/mol. The highest BCUT2D eigenvalue weighted by Gasteiger charge is 2.25. The van der Waals surface area contributed by atoms with E-state index in [4.69, 9.17) is 15.5 Å². The van der Waals surface area contributed by atoms with Crippen LogP contribution in [0.5, 0.6) is 11.6 Å². The van der Waals surface area contributed by atoms with Crippen molar-refractivity contribution in [1.29, 1.82) is 0 Å². The van der Waals surface area contributed by atoms with Crippen LogP contribution in [-0.2, 0) is 0 Å². The van der Waals surface area contributed by atoms with E-state index in [1.165, 1.54) is 6.42 Å². The first-order valence-corrected chi connectivity index (χ1v) is 9.24. The summed E-state index contributed by atoms with van der Waals surface area (Å²) in [7, 11) is 1.67. The molecule has 2 aromatic heterocycles. The van der Waals surface area contributed by atoms with Gasteiger partial charge >= 0.3 is 0 Å². The Labute approximate surface area is 157 Å². The maximum Gasteiger partial charge on any atom is 0.203 e. The predicted octanol–water partition coefficient (Wildman–Crippen LogP) is 4.88. The summed E-state index contributed by atoms with van der Waals surface area (Å²) in [6.07, 6.45) is 5.30. The minimum atomic E-state index is 0.226. The van der Waals surface area contributed by atoms with Gasteiger partial charge < -0.3 is 20.1 Å². The zero-order chi connectivity index (χ0) is 18.5. The molecule has 5 nitrogen and oxygen atoms in total. The molecule has 0 unspecified atom stereocenters. The SMILES string of the molecule is COc1ccccc1-c1cccc2c(N)c3c(O)n(C4CCC4)cc3nc12. The van der Waals surface area contributed by atoms with Gasteiger partial charge in [0.1, 0.15) is 5.75 Å². The first-order chi connectivity index (χ1) is 13.2. The number of fused-ring (bicyclic) bond motifs is 2. The van der Waals surface area contributed by atoms with Crippen LogP contribution >= 0.6 is 0 Å². The van der Waals surface area contributed by atoms with E-state index >= 15 is 0 Å². The first kappa shape index (κ1) is 16.0. The maximum atomic E-state index is 10.8. The smallest absolute Gasteiger partial charge is 0.203 e. The molecule has 0 atom stereocenters. The fourth-order valence-electron chi connectivity index (χ4n) is 4.01. The zero-order valence-corrected chi connectivity index (χ0v) is 15.1. The summed E-state index contributed by atoms with van der Waals surface area (Å²) < 4.78 is 7.47. The molecule has 1 aliphatic rings. The van der Waals surface area contributed by atoms with Crippen LogP contribution in [-0.4, -0.2) is 21.8 Å². The molecular weight excluding hydrogens is 338 g/mol. The van der Waals surface area contributed by atoms with Crippen molar-refractivity contribution in [1.82, 2.24) is 9.55 Å². The lowest BCUT2D eigenvalue weighted by molar-refractivity contribution is 0.283. The van der Waals surface area contributed by atoms with Gasteiger partial charge in [-0.05, 0) is 25.3 Å². The van der Waals surface area contributed by atoms with Gasteiger partial charge in [-0.15, -0.1) is 0 Å². The number of aromatic nitrogens is 2. The summed E-state index contributed by atoms with van der Waals surface area (Å²) in [6, 6.07) is 14.2. The van der Waals surface area contributed by atoms with Crippen LogP contribution in [0.25, 0.3) is 32.9 Å². The van der Waals surface area contributed by atoms with E-state index in [0.29, 0.717) is 17.1 Å². The zero-order valence-electron chi connectivity index (χ0n) is 15.1. The van der Waals surface area contributed by atoms with Crippen molar-refractivity contribution in [3.63, 3.8) is 0 Å². The second kappa shape index (κ2) is 5.91. The molecule has 1 fully saturated rings. The van der Waals surface area contributed by atoms with E-state index in [1.807, 2.05) is 53.2 Å². The molecular formula is C22H21N3O2. The van der Waals surface area contributed by atoms with Gasteiger partial charge in [-0.3, -0.25) is 0 Å². The molecule has 136 valence electrons. The highest BCUT2D eigenvalue weighted by atomic mass is 16.5. The van der Waals surface area contributed by atoms with E-state index in [9.17, 15) is 5.11 Å². The number of ether oxygens (including phenoxy) is 1. The third-order valence-corrected chi connectivity index (χ3v) is 5.68. The van der Waals surface area contributed by atoms with Gasteiger partial charge in [0.25, 0.3) is 0 Å². The monoisotopic (exact) mass is 359 g/mol. The van der Waals surface area contributed by atoms with Crippen LogP contribution in [0, 0.1) is 0 Å². The van der Waals surface area contributed by atoms with Crippen LogP contribution in [0.3, 0.4) is 0 Å². The normalized spacial score (nSPS) is 14.6. The summed E-state index contributed by atoms with van der Waals surface area (Å²) >= 11 is 0. The quantitative estimate of drug-likeness (QED) is 0.547. The number of hydrogen-bond donors (Lipinski definition) is 2. The second-order valence-corrected chi connectivity index (χ2v) is 7.13. The molecule has 0 radical (unpaired) electrons. The van der Waals surface area contributed by atoms with Crippen molar-refractivity contribution in [2.75, 3.05) is 12.8 Å². The van der Waals surface area contributed by atoms with Gasteiger partial charge in [0.05, 0.1) is 29.2 Å².